The van der Waals surface area contributed by atoms with Crippen molar-refractivity contribution >= 4 is 0 Å². The average Bonchev–Trinajstić information content (AvgIpc) is 2.84. The van der Waals surface area contributed by atoms with Crippen LogP contribution in [0, 0.1) is 46.3 Å². The van der Waals surface area contributed by atoms with Gasteiger partial charge in [0.1, 0.15) is 0 Å². The second-order valence-corrected chi connectivity index (χ2v) is 11.0. The van der Waals surface area contributed by atoms with Gasteiger partial charge < -0.3 is 5.11 Å². The Bertz CT molecular complexity index is 486. The third kappa shape index (κ3) is 2.66. The van der Waals surface area contributed by atoms with E-state index in [1.807, 2.05) is 0 Å². The van der Waals surface area contributed by atoms with Crippen molar-refractivity contribution in [3.8, 4) is 0 Å². The summed E-state index contributed by atoms with van der Waals surface area (Å²) in [4.78, 5) is 0. The van der Waals surface area contributed by atoms with E-state index < -0.39 is 0 Å². The van der Waals surface area contributed by atoms with Crippen LogP contribution in [0.2, 0.25) is 0 Å². The first-order valence-electron chi connectivity index (χ1n) is 11.6. The largest absolute Gasteiger partial charge is 0.393 e. The van der Waals surface area contributed by atoms with Gasteiger partial charge in [0.05, 0.1) is 6.10 Å². The van der Waals surface area contributed by atoms with Gasteiger partial charge in [-0.1, -0.05) is 53.4 Å². The summed E-state index contributed by atoms with van der Waals surface area (Å²) in [6.45, 7) is 9.98. The number of rotatable bonds is 3. The molecule has 0 spiro atoms. The highest BCUT2D eigenvalue weighted by molar-refractivity contribution is 5.11. The van der Waals surface area contributed by atoms with Gasteiger partial charge in [0, 0.05) is 0 Å². The summed E-state index contributed by atoms with van der Waals surface area (Å²) in [5.74, 6) is 4.91. The maximum Gasteiger partial charge on any atom is 0.0579 e. The smallest absolute Gasteiger partial charge is 0.0579 e. The van der Waals surface area contributed by atoms with E-state index in [-0.39, 0.29) is 6.10 Å². The number of aliphatic hydroxyl groups excluding tert-OH is 1. The van der Waals surface area contributed by atoms with Gasteiger partial charge in [-0.2, -0.15) is 0 Å². The zero-order valence-electron chi connectivity index (χ0n) is 17.3. The molecule has 0 heterocycles. The SMILES string of the molecule is CCC[C@@H](C)[C@H]1C(O)C[C@H]2[C@@H]3CCC4CCCC[C@]4(C)[C@H]3CC[C@]12C. The molecule has 2 unspecified atom stereocenters. The first-order chi connectivity index (χ1) is 11.9. The molecule has 0 radical (unpaired) electrons. The zero-order chi connectivity index (χ0) is 17.8. The first kappa shape index (κ1) is 18.3. The van der Waals surface area contributed by atoms with Gasteiger partial charge in [-0.3, -0.25) is 0 Å². The lowest BCUT2D eigenvalue weighted by atomic mass is 9.44. The van der Waals surface area contributed by atoms with Crippen molar-refractivity contribution in [3.63, 3.8) is 0 Å². The molecule has 4 rings (SSSR count). The van der Waals surface area contributed by atoms with E-state index in [0.29, 0.717) is 22.7 Å². The van der Waals surface area contributed by atoms with Crippen molar-refractivity contribution in [1.82, 2.24) is 0 Å². The molecular weight excluding hydrogens is 304 g/mol. The maximum atomic E-state index is 11.1. The molecule has 4 aliphatic rings. The highest BCUT2D eigenvalue weighted by Crippen LogP contribution is 2.68. The van der Waals surface area contributed by atoms with Gasteiger partial charge in [0.25, 0.3) is 0 Å². The van der Waals surface area contributed by atoms with Crippen LogP contribution < -0.4 is 0 Å². The number of hydrogen-bond donors (Lipinski definition) is 1. The highest BCUT2D eigenvalue weighted by Gasteiger charge is 2.62. The average molecular weight is 347 g/mol. The standard InChI is InChI=1S/C24H42O/c1-5-8-16(2)22-21(25)15-20-18-11-10-17-9-6-7-13-23(17,3)19(18)12-14-24(20,22)4/h16-22,25H,5-15H2,1-4H3/t16-,17?,18-,19+,20+,21?,22+,23+,24+/m1/s1. The third-order valence-electron chi connectivity index (χ3n) is 10.0. The fourth-order valence-electron chi connectivity index (χ4n) is 9.01. The van der Waals surface area contributed by atoms with Gasteiger partial charge in [0.2, 0.25) is 0 Å². The molecule has 1 N–H and O–H groups in total. The quantitative estimate of drug-likeness (QED) is 0.623. The monoisotopic (exact) mass is 346 g/mol. The molecule has 9 atom stereocenters. The fourth-order valence-corrected chi connectivity index (χ4v) is 9.01. The molecule has 0 aromatic heterocycles. The van der Waals surface area contributed by atoms with Crippen LogP contribution in [0.1, 0.15) is 98.3 Å². The number of hydrogen-bond acceptors (Lipinski definition) is 1. The van der Waals surface area contributed by atoms with Gasteiger partial charge in [-0.25, -0.2) is 0 Å². The van der Waals surface area contributed by atoms with E-state index in [2.05, 4.69) is 27.7 Å². The minimum absolute atomic E-state index is 0.0350. The van der Waals surface area contributed by atoms with E-state index in [1.54, 1.807) is 0 Å². The summed E-state index contributed by atoms with van der Waals surface area (Å²) in [5, 5.41) is 11.1. The summed E-state index contributed by atoms with van der Waals surface area (Å²) >= 11 is 0. The molecule has 144 valence electrons. The Labute approximate surface area is 156 Å². The van der Waals surface area contributed by atoms with Crippen LogP contribution in [0.25, 0.3) is 0 Å². The Kier molecular flexibility index (Phi) is 4.79. The van der Waals surface area contributed by atoms with Crippen LogP contribution in [0.15, 0.2) is 0 Å². The van der Waals surface area contributed by atoms with Crippen molar-refractivity contribution in [1.29, 1.82) is 0 Å². The first-order valence-corrected chi connectivity index (χ1v) is 11.6. The maximum absolute atomic E-state index is 11.1. The summed E-state index contributed by atoms with van der Waals surface area (Å²) < 4.78 is 0. The lowest BCUT2D eigenvalue weighted by molar-refractivity contribution is -0.115. The van der Waals surface area contributed by atoms with Crippen LogP contribution in [0.4, 0.5) is 0 Å². The summed E-state index contributed by atoms with van der Waals surface area (Å²) in [5.41, 5.74) is 1.04. The van der Waals surface area contributed by atoms with Gasteiger partial charge in [-0.15, -0.1) is 0 Å². The van der Waals surface area contributed by atoms with Gasteiger partial charge >= 0.3 is 0 Å². The molecule has 0 amide bonds. The molecule has 4 aliphatic carbocycles. The van der Waals surface area contributed by atoms with Gasteiger partial charge in [-0.05, 0) is 91.3 Å². The summed E-state index contributed by atoms with van der Waals surface area (Å²) in [7, 11) is 0. The lowest BCUT2D eigenvalue weighted by Crippen LogP contribution is -2.53. The molecule has 0 aromatic rings. The minimum atomic E-state index is -0.0350. The second kappa shape index (κ2) is 6.54. The van der Waals surface area contributed by atoms with Crippen LogP contribution in [0.5, 0.6) is 0 Å². The number of aliphatic hydroxyl groups is 1. The van der Waals surface area contributed by atoms with Crippen LogP contribution >= 0.6 is 0 Å². The molecule has 0 aliphatic heterocycles. The normalized spacial score (nSPS) is 53.6. The Balaban J connectivity index is 1.60. The van der Waals surface area contributed by atoms with Crippen molar-refractivity contribution in [2.24, 2.45) is 46.3 Å². The minimum Gasteiger partial charge on any atom is -0.393 e. The Morgan fingerprint density at radius 1 is 0.960 bits per heavy atom. The van der Waals surface area contributed by atoms with Crippen molar-refractivity contribution in [3.05, 3.63) is 0 Å². The van der Waals surface area contributed by atoms with Crippen LogP contribution in [-0.2, 0) is 0 Å². The van der Waals surface area contributed by atoms with Crippen molar-refractivity contribution < 1.29 is 5.11 Å². The summed E-state index contributed by atoms with van der Waals surface area (Å²) in [6, 6.07) is 0. The van der Waals surface area contributed by atoms with E-state index in [4.69, 9.17) is 0 Å². The molecule has 0 bridgehead atoms. The third-order valence-corrected chi connectivity index (χ3v) is 10.0. The molecule has 0 saturated heterocycles. The topological polar surface area (TPSA) is 20.2 Å². The Hall–Kier alpha value is -0.0400. The number of fused-ring (bicyclic) bond motifs is 5. The van der Waals surface area contributed by atoms with Gasteiger partial charge in [0.15, 0.2) is 0 Å². The predicted molar refractivity (Wildman–Crippen MR) is 105 cm³/mol. The summed E-state index contributed by atoms with van der Waals surface area (Å²) in [6.07, 6.45) is 15.3. The van der Waals surface area contributed by atoms with Crippen molar-refractivity contribution in [2.75, 3.05) is 0 Å². The van der Waals surface area contributed by atoms with E-state index in [1.165, 1.54) is 64.2 Å². The molecule has 1 heteroatoms. The highest BCUT2D eigenvalue weighted by atomic mass is 16.3. The lowest BCUT2D eigenvalue weighted by Gasteiger charge is -2.60. The molecular formula is C24H42O. The van der Waals surface area contributed by atoms with Crippen LogP contribution in [-0.4, -0.2) is 11.2 Å². The van der Waals surface area contributed by atoms with Crippen LogP contribution in [0.3, 0.4) is 0 Å². The van der Waals surface area contributed by atoms with E-state index in [9.17, 15) is 5.11 Å². The molecule has 0 aromatic carbocycles. The van der Waals surface area contributed by atoms with E-state index in [0.717, 1.165) is 30.1 Å². The second-order valence-electron chi connectivity index (χ2n) is 11.0. The fraction of sp³-hybridized carbons (Fsp3) is 1.00. The predicted octanol–water partition coefficient (Wildman–Crippen LogP) is 6.44. The Morgan fingerprint density at radius 3 is 2.52 bits per heavy atom. The molecule has 4 saturated carbocycles. The van der Waals surface area contributed by atoms with E-state index >= 15 is 0 Å². The Morgan fingerprint density at radius 2 is 1.76 bits per heavy atom. The zero-order valence-corrected chi connectivity index (χ0v) is 17.3. The molecule has 25 heavy (non-hydrogen) atoms. The molecule has 1 nitrogen and oxygen atoms in total. The van der Waals surface area contributed by atoms with Crippen molar-refractivity contribution in [2.45, 2.75) is 104 Å². The molecule has 4 fully saturated rings.